The van der Waals surface area contributed by atoms with Gasteiger partial charge in [-0.3, -0.25) is 4.79 Å². The van der Waals surface area contributed by atoms with Crippen LogP contribution in [0.1, 0.15) is 13.3 Å². The molecule has 0 amide bonds. The molecule has 0 unspecified atom stereocenters. The normalized spacial score (nSPS) is 18.6. The Kier molecular flexibility index (Phi) is 3.32. The molecular formula is C7H12O4. The van der Waals surface area contributed by atoms with Crippen LogP contribution in [0, 0.1) is 5.92 Å². The summed E-state index contributed by atoms with van der Waals surface area (Å²) in [6.07, 6.45) is 0.397. The van der Waals surface area contributed by atoms with Crippen LogP contribution >= 0.6 is 0 Å². The zero-order valence-corrected chi connectivity index (χ0v) is 6.54. The minimum atomic E-state index is -0.174. The maximum Gasteiger partial charge on any atom is 0.306 e. The Labute approximate surface area is 65.4 Å². The zero-order chi connectivity index (χ0) is 8.10. The average molecular weight is 160 g/mol. The maximum atomic E-state index is 10.9. The number of ether oxygens (including phenoxy) is 1. The summed E-state index contributed by atoms with van der Waals surface area (Å²) >= 11 is 0. The summed E-state index contributed by atoms with van der Waals surface area (Å²) < 4.78 is 4.75. The van der Waals surface area contributed by atoms with Crippen molar-refractivity contribution in [2.24, 2.45) is 5.92 Å². The Hall–Kier alpha value is -0.610. The molecule has 0 aromatic heterocycles. The summed E-state index contributed by atoms with van der Waals surface area (Å²) in [5.74, 6) is 0.000602. The quantitative estimate of drug-likeness (QED) is 0.446. The summed E-state index contributed by atoms with van der Waals surface area (Å²) in [6, 6.07) is 0. The van der Waals surface area contributed by atoms with Crippen LogP contribution in [-0.4, -0.2) is 25.8 Å². The van der Waals surface area contributed by atoms with Crippen molar-refractivity contribution >= 4 is 5.97 Å². The van der Waals surface area contributed by atoms with Crippen molar-refractivity contribution in [2.75, 3.05) is 19.8 Å². The van der Waals surface area contributed by atoms with Crippen LogP contribution < -0.4 is 0 Å². The van der Waals surface area contributed by atoms with E-state index in [2.05, 4.69) is 9.78 Å². The molecular weight excluding hydrogens is 148 g/mol. The highest BCUT2D eigenvalue weighted by molar-refractivity contribution is 5.69. The Morgan fingerprint density at radius 2 is 2.18 bits per heavy atom. The fourth-order valence-electron chi connectivity index (χ4n) is 0.910. The fourth-order valence-corrected chi connectivity index (χ4v) is 0.910. The molecule has 0 bridgehead atoms. The molecule has 0 radical (unpaired) electrons. The van der Waals surface area contributed by atoms with Gasteiger partial charge in [-0.25, -0.2) is 9.78 Å². The van der Waals surface area contributed by atoms with Gasteiger partial charge < -0.3 is 4.74 Å². The second kappa shape index (κ2) is 4.31. The van der Waals surface area contributed by atoms with Gasteiger partial charge in [0.1, 0.15) is 0 Å². The lowest BCUT2D eigenvalue weighted by atomic mass is 10.1. The van der Waals surface area contributed by atoms with Crippen molar-refractivity contribution in [3.05, 3.63) is 0 Å². The molecule has 1 heterocycles. The predicted octanol–water partition coefficient (Wildman–Crippen LogP) is 0.518. The molecule has 0 saturated carbocycles. The smallest absolute Gasteiger partial charge is 0.306 e. The van der Waals surface area contributed by atoms with Gasteiger partial charge in [-0.05, 0) is 6.92 Å². The van der Waals surface area contributed by atoms with Crippen molar-refractivity contribution < 1.29 is 19.3 Å². The first kappa shape index (κ1) is 8.49. The van der Waals surface area contributed by atoms with Gasteiger partial charge >= 0.3 is 5.97 Å². The summed E-state index contributed by atoms with van der Waals surface area (Å²) in [7, 11) is 0. The molecule has 0 N–H and O–H groups in total. The van der Waals surface area contributed by atoms with Gasteiger partial charge in [0, 0.05) is 5.92 Å². The minimum Gasteiger partial charge on any atom is -0.466 e. The molecule has 4 heteroatoms. The van der Waals surface area contributed by atoms with Gasteiger partial charge in [-0.2, -0.15) is 0 Å². The highest BCUT2D eigenvalue weighted by Gasteiger charge is 2.20. The predicted molar refractivity (Wildman–Crippen MR) is 36.6 cm³/mol. The lowest BCUT2D eigenvalue weighted by molar-refractivity contribution is -0.248. The maximum absolute atomic E-state index is 10.9. The van der Waals surface area contributed by atoms with E-state index in [9.17, 15) is 4.79 Å². The largest absolute Gasteiger partial charge is 0.466 e. The Morgan fingerprint density at radius 1 is 1.55 bits per heavy atom. The Bertz CT molecular complexity index is 128. The second-order valence-corrected chi connectivity index (χ2v) is 2.44. The molecule has 4 nitrogen and oxygen atoms in total. The van der Waals surface area contributed by atoms with Crippen LogP contribution in [0.4, 0.5) is 0 Å². The first-order valence-corrected chi connectivity index (χ1v) is 3.73. The molecule has 0 atom stereocenters. The highest BCUT2D eigenvalue weighted by atomic mass is 17.2. The molecule has 1 aliphatic rings. The third-order valence-electron chi connectivity index (χ3n) is 1.45. The van der Waals surface area contributed by atoms with Crippen LogP contribution in [0.15, 0.2) is 0 Å². The monoisotopic (exact) mass is 160 g/mol. The molecule has 11 heavy (non-hydrogen) atoms. The number of carbonyl (C=O) groups is 1. The molecule has 1 aliphatic heterocycles. The van der Waals surface area contributed by atoms with E-state index in [1.54, 1.807) is 6.92 Å². The first-order chi connectivity index (χ1) is 5.33. The number of rotatable bonds is 3. The van der Waals surface area contributed by atoms with Gasteiger partial charge in [-0.1, -0.05) is 0 Å². The van der Waals surface area contributed by atoms with Gasteiger partial charge in [0.25, 0.3) is 0 Å². The van der Waals surface area contributed by atoms with E-state index in [-0.39, 0.29) is 11.9 Å². The van der Waals surface area contributed by atoms with E-state index >= 15 is 0 Å². The summed E-state index contributed by atoms with van der Waals surface area (Å²) in [6.45, 7) is 3.23. The standard InChI is InChI=1S/C7H12O4/c1-2-9-7(8)3-6-4-10-11-5-6/h6H,2-5H2,1H3. The number of hydrogen-bond donors (Lipinski definition) is 0. The fraction of sp³-hybridized carbons (Fsp3) is 0.857. The lowest BCUT2D eigenvalue weighted by Crippen LogP contribution is -2.13. The third kappa shape index (κ3) is 2.86. The van der Waals surface area contributed by atoms with Crippen molar-refractivity contribution in [3.8, 4) is 0 Å². The molecule has 1 rings (SSSR count). The molecule has 64 valence electrons. The van der Waals surface area contributed by atoms with Gasteiger partial charge in [0.2, 0.25) is 0 Å². The lowest BCUT2D eigenvalue weighted by Gasteiger charge is -2.03. The molecule has 0 aliphatic carbocycles. The van der Waals surface area contributed by atoms with Crippen LogP contribution in [0.3, 0.4) is 0 Å². The van der Waals surface area contributed by atoms with Crippen LogP contribution in [0.25, 0.3) is 0 Å². The summed E-state index contributed by atoms with van der Waals surface area (Å²) in [5.41, 5.74) is 0. The number of hydrogen-bond acceptors (Lipinski definition) is 4. The molecule has 0 spiro atoms. The molecule has 1 fully saturated rings. The zero-order valence-electron chi connectivity index (χ0n) is 6.54. The van der Waals surface area contributed by atoms with Gasteiger partial charge in [0.05, 0.1) is 26.2 Å². The van der Waals surface area contributed by atoms with E-state index in [1.165, 1.54) is 0 Å². The molecule has 0 aromatic carbocycles. The van der Waals surface area contributed by atoms with E-state index in [1.807, 2.05) is 0 Å². The van der Waals surface area contributed by atoms with Crippen LogP contribution in [0.5, 0.6) is 0 Å². The van der Waals surface area contributed by atoms with Crippen LogP contribution in [0.2, 0.25) is 0 Å². The Morgan fingerprint density at radius 3 is 2.73 bits per heavy atom. The van der Waals surface area contributed by atoms with E-state index in [0.717, 1.165) is 0 Å². The van der Waals surface area contributed by atoms with Crippen molar-refractivity contribution in [2.45, 2.75) is 13.3 Å². The van der Waals surface area contributed by atoms with Crippen molar-refractivity contribution in [1.82, 2.24) is 0 Å². The second-order valence-electron chi connectivity index (χ2n) is 2.44. The molecule has 1 saturated heterocycles. The third-order valence-corrected chi connectivity index (χ3v) is 1.45. The first-order valence-electron chi connectivity index (χ1n) is 3.73. The summed E-state index contributed by atoms with van der Waals surface area (Å²) in [4.78, 5) is 20.1. The summed E-state index contributed by atoms with van der Waals surface area (Å²) in [5, 5.41) is 0. The topological polar surface area (TPSA) is 44.8 Å². The van der Waals surface area contributed by atoms with Crippen molar-refractivity contribution in [3.63, 3.8) is 0 Å². The number of esters is 1. The van der Waals surface area contributed by atoms with Crippen molar-refractivity contribution in [1.29, 1.82) is 0 Å². The average Bonchev–Trinajstić information content (AvgIpc) is 2.40. The van der Waals surface area contributed by atoms with E-state index < -0.39 is 0 Å². The van der Waals surface area contributed by atoms with E-state index in [0.29, 0.717) is 26.2 Å². The number of carbonyl (C=O) groups excluding carboxylic acids is 1. The highest BCUT2D eigenvalue weighted by Crippen LogP contribution is 2.12. The van der Waals surface area contributed by atoms with Crippen LogP contribution in [-0.2, 0) is 19.3 Å². The minimum absolute atomic E-state index is 0.174. The Balaban J connectivity index is 2.13. The molecule has 0 aromatic rings. The van der Waals surface area contributed by atoms with Gasteiger partial charge in [-0.15, -0.1) is 0 Å². The van der Waals surface area contributed by atoms with E-state index in [4.69, 9.17) is 4.74 Å². The van der Waals surface area contributed by atoms with Gasteiger partial charge in [0.15, 0.2) is 0 Å². The SMILES string of the molecule is CCOC(=O)CC1COOC1.